The van der Waals surface area contributed by atoms with E-state index in [1.807, 2.05) is 18.2 Å². The summed E-state index contributed by atoms with van der Waals surface area (Å²) in [5.74, 6) is -0.291. The van der Waals surface area contributed by atoms with Crippen molar-refractivity contribution in [2.45, 2.75) is 32.1 Å². The van der Waals surface area contributed by atoms with Crippen molar-refractivity contribution in [1.29, 1.82) is 0 Å². The molecular weight excluding hydrogens is 266 g/mol. The Balaban J connectivity index is 1.63. The molecule has 0 unspecified atom stereocenters. The van der Waals surface area contributed by atoms with Gasteiger partial charge >= 0.3 is 0 Å². The molecule has 0 saturated heterocycles. The van der Waals surface area contributed by atoms with Crippen LogP contribution < -0.4 is 16.2 Å². The fraction of sp³-hybridized carbons (Fsp3) is 0.375. The first-order valence-corrected chi connectivity index (χ1v) is 7.33. The number of rotatable bonds is 6. The van der Waals surface area contributed by atoms with E-state index >= 15 is 0 Å². The zero-order valence-corrected chi connectivity index (χ0v) is 12.0. The van der Waals surface area contributed by atoms with Gasteiger partial charge in [0.25, 0.3) is 5.91 Å². The third kappa shape index (κ3) is 5.30. The number of benzene rings is 1. The molecule has 112 valence electrons. The first-order valence-electron chi connectivity index (χ1n) is 7.33. The van der Waals surface area contributed by atoms with Gasteiger partial charge < -0.3 is 10.7 Å². The summed E-state index contributed by atoms with van der Waals surface area (Å²) in [4.78, 5) is 23.4. The van der Waals surface area contributed by atoms with Crippen molar-refractivity contribution in [2.24, 2.45) is 0 Å². The molecule has 2 amide bonds. The molecule has 0 bridgehead atoms. The number of hydrogen-bond acceptors (Lipinski definition) is 3. The summed E-state index contributed by atoms with van der Waals surface area (Å²) in [6.45, 7) is 0.320. The molecule has 1 aromatic carbocycles. The van der Waals surface area contributed by atoms with Crippen LogP contribution in [0.2, 0.25) is 0 Å². The lowest BCUT2D eigenvalue weighted by Crippen LogP contribution is -2.39. The minimum Gasteiger partial charge on any atom is -0.352 e. The normalized spacial score (nSPS) is 14.0. The van der Waals surface area contributed by atoms with Gasteiger partial charge in [0.2, 0.25) is 5.91 Å². The number of carbonyl (C=O) groups is 2. The highest BCUT2D eigenvalue weighted by Gasteiger charge is 2.07. The largest absolute Gasteiger partial charge is 0.352 e. The summed E-state index contributed by atoms with van der Waals surface area (Å²) in [6.07, 6.45) is 6.77. The molecule has 1 aromatic rings. The number of nitrogens with one attached hydrogen (secondary N) is 3. The lowest BCUT2D eigenvalue weighted by molar-refractivity contribution is -0.121. The molecule has 0 spiro atoms. The second-order valence-corrected chi connectivity index (χ2v) is 5.02. The maximum absolute atomic E-state index is 11.8. The Hall–Kier alpha value is -2.30. The van der Waals surface area contributed by atoms with Gasteiger partial charge in [0, 0.05) is 24.2 Å². The van der Waals surface area contributed by atoms with Crippen molar-refractivity contribution < 1.29 is 9.59 Å². The van der Waals surface area contributed by atoms with Crippen LogP contribution >= 0.6 is 0 Å². The molecule has 5 nitrogen and oxygen atoms in total. The van der Waals surface area contributed by atoms with Crippen LogP contribution in [0.15, 0.2) is 42.1 Å². The zero-order chi connectivity index (χ0) is 14.9. The van der Waals surface area contributed by atoms with Gasteiger partial charge in [-0.05, 0) is 37.8 Å². The molecule has 1 aliphatic rings. The summed E-state index contributed by atoms with van der Waals surface area (Å²) in [7, 11) is 0. The third-order valence-electron chi connectivity index (χ3n) is 3.33. The minimum atomic E-state index is -0.161. The highest BCUT2D eigenvalue weighted by Crippen LogP contribution is 2.13. The number of carbonyl (C=O) groups excluding carboxylic acids is 2. The topological polar surface area (TPSA) is 70.2 Å². The molecule has 0 aromatic heterocycles. The second kappa shape index (κ2) is 8.09. The average molecular weight is 287 g/mol. The Labute approximate surface area is 124 Å². The second-order valence-electron chi connectivity index (χ2n) is 5.02. The number of hydrogen-bond donors (Lipinski definition) is 3. The maximum Gasteiger partial charge on any atom is 0.251 e. The van der Waals surface area contributed by atoms with Crippen molar-refractivity contribution >= 4 is 11.8 Å². The smallest absolute Gasteiger partial charge is 0.251 e. The van der Waals surface area contributed by atoms with Gasteiger partial charge in [-0.1, -0.05) is 24.3 Å². The molecule has 0 heterocycles. The molecular formula is C16H21N3O2. The van der Waals surface area contributed by atoms with Crippen LogP contribution in [-0.4, -0.2) is 18.4 Å². The number of allylic oxidation sites excluding steroid dienone is 2. The van der Waals surface area contributed by atoms with Gasteiger partial charge in [-0.2, -0.15) is 0 Å². The van der Waals surface area contributed by atoms with Crippen molar-refractivity contribution in [2.75, 3.05) is 6.54 Å². The van der Waals surface area contributed by atoms with E-state index in [2.05, 4.69) is 22.2 Å². The van der Waals surface area contributed by atoms with Gasteiger partial charge in [-0.25, -0.2) is 0 Å². The Morgan fingerprint density at radius 3 is 2.62 bits per heavy atom. The average Bonchev–Trinajstić information content (AvgIpc) is 2.54. The van der Waals surface area contributed by atoms with Crippen LogP contribution in [0, 0.1) is 0 Å². The molecule has 0 radical (unpaired) electrons. The van der Waals surface area contributed by atoms with Gasteiger partial charge in [0.05, 0.1) is 0 Å². The Kier molecular flexibility index (Phi) is 5.82. The van der Waals surface area contributed by atoms with E-state index in [1.165, 1.54) is 6.42 Å². The van der Waals surface area contributed by atoms with Crippen LogP contribution in [0.25, 0.3) is 0 Å². The van der Waals surface area contributed by atoms with Crippen LogP contribution in [0.4, 0.5) is 0 Å². The van der Waals surface area contributed by atoms with Gasteiger partial charge in [0.1, 0.15) is 0 Å². The lowest BCUT2D eigenvalue weighted by atomic mass is 10.1. The standard InChI is InChI=1S/C16H21N3O2/c20-15(19-18-14-9-5-2-6-10-14)11-12-17-16(21)13-7-3-1-4-8-13/h1,3-4,7-9,18H,2,5-6,10-12H2,(H,17,21)(H,19,20). The third-order valence-corrected chi connectivity index (χ3v) is 3.33. The predicted molar refractivity (Wildman–Crippen MR) is 81.2 cm³/mol. The van der Waals surface area contributed by atoms with E-state index in [0.29, 0.717) is 12.1 Å². The van der Waals surface area contributed by atoms with E-state index in [1.54, 1.807) is 12.1 Å². The van der Waals surface area contributed by atoms with Crippen molar-refractivity contribution in [3.05, 3.63) is 47.7 Å². The SMILES string of the molecule is O=C(CCNC(=O)c1ccccc1)NNC1=CCCCC1. The van der Waals surface area contributed by atoms with Crippen molar-refractivity contribution in [3.63, 3.8) is 0 Å². The summed E-state index contributed by atoms with van der Waals surface area (Å²) < 4.78 is 0. The quantitative estimate of drug-likeness (QED) is 0.700. The monoisotopic (exact) mass is 287 g/mol. The molecule has 0 saturated carbocycles. The Morgan fingerprint density at radius 1 is 1.10 bits per heavy atom. The minimum absolute atomic E-state index is 0.130. The fourth-order valence-electron chi connectivity index (χ4n) is 2.15. The summed E-state index contributed by atoms with van der Waals surface area (Å²) >= 11 is 0. The molecule has 2 rings (SSSR count). The summed E-state index contributed by atoms with van der Waals surface area (Å²) in [5, 5.41) is 2.73. The van der Waals surface area contributed by atoms with Crippen LogP contribution in [0.3, 0.4) is 0 Å². The first-order chi connectivity index (χ1) is 10.3. The van der Waals surface area contributed by atoms with Crippen LogP contribution in [-0.2, 0) is 4.79 Å². The predicted octanol–water partition coefficient (Wildman–Crippen LogP) is 1.89. The van der Waals surface area contributed by atoms with E-state index in [4.69, 9.17) is 0 Å². The van der Waals surface area contributed by atoms with Gasteiger partial charge in [-0.15, -0.1) is 0 Å². The molecule has 1 aliphatic carbocycles. The first kappa shape index (κ1) is 15.1. The molecule has 0 aliphatic heterocycles. The van der Waals surface area contributed by atoms with Crippen molar-refractivity contribution in [3.8, 4) is 0 Å². The van der Waals surface area contributed by atoms with Crippen molar-refractivity contribution in [1.82, 2.24) is 16.2 Å². The number of hydrazine groups is 1. The van der Waals surface area contributed by atoms with E-state index in [-0.39, 0.29) is 18.2 Å². The van der Waals surface area contributed by atoms with Gasteiger partial charge in [0.15, 0.2) is 0 Å². The Morgan fingerprint density at radius 2 is 1.90 bits per heavy atom. The lowest BCUT2D eigenvalue weighted by Gasteiger charge is -2.15. The van der Waals surface area contributed by atoms with E-state index in [0.717, 1.165) is 25.0 Å². The van der Waals surface area contributed by atoms with Crippen LogP contribution in [0.1, 0.15) is 42.5 Å². The highest BCUT2D eigenvalue weighted by atomic mass is 16.2. The van der Waals surface area contributed by atoms with Gasteiger partial charge in [-0.3, -0.25) is 15.0 Å². The van der Waals surface area contributed by atoms with E-state index in [9.17, 15) is 9.59 Å². The summed E-state index contributed by atoms with van der Waals surface area (Å²) in [6, 6.07) is 8.96. The molecule has 21 heavy (non-hydrogen) atoms. The molecule has 5 heteroatoms. The fourth-order valence-corrected chi connectivity index (χ4v) is 2.15. The molecule has 3 N–H and O–H groups in total. The summed E-state index contributed by atoms with van der Waals surface area (Å²) in [5.41, 5.74) is 7.27. The number of amides is 2. The Bertz CT molecular complexity index is 512. The molecule has 0 fully saturated rings. The highest BCUT2D eigenvalue weighted by molar-refractivity contribution is 5.94. The van der Waals surface area contributed by atoms with E-state index < -0.39 is 0 Å². The molecule has 0 atom stereocenters. The zero-order valence-electron chi connectivity index (χ0n) is 12.0. The maximum atomic E-state index is 11.8. The van der Waals surface area contributed by atoms with Crippen LogP contribution in [0.5, 0.6) is 0 Å².